The van der Waals surface area contributed by atoms with Crippen LogP contribution in [0.25, 0.3) is 0 Å². The molecule has 0 aliphatic rings. The summed E-state index contributed by atoms with van der Waals surface area (Å²) in [4.78, 5) is 13.2. The topological polar surface area (TPSA) is 46.3 Å². The number of Topliss-reactive ketones (excluding diaryl/α,β-unsaturated/α-hetero) is 1. The molecule has 0 saturated carbocycles. The Morgan fingerprint density at radius 3 is 2.33 bits per heavy atom. The number of anilines is 1. The maximum atomic E-state index is 11.3. The van der Waals surface area contributed by atoms with E-state index in [0.717, 1.165) is 5.69 Å². The van der Waals surface area contributed by atoms with Gasteiger partial charge in [0.1, 0.15) is 0 Å². The summed E-state index contributed by atoms with van der Waals surface area (Å²) in [6, 6.07) is 6.12. The lowest BCUT2D eigenvalue weighted by molar-refractivity contribution is -0.116. The van der Waals surface area contributed by atoms with Gasteiger partial charge in [-0.15, -0.1) is 0 Å². The SMILES string of the molecule is Cc1cccc(C)c1N(C)CC(=O)CN. The minimum Gasteiger partial charge on any atom is -0.367 e. The van der Waals surface area contributed by atoms with E-state index in [-0.39, 0.29) is 12.3 Å². The number of likely N-dealkylation sites (N-methyl/N-ethyl adjacent to an activating group) is 1. The second-order valence-electron chi connectivity index (χ2n) is 3.84. The Hall–Kier alpha value is -1.35. The molecule has 0 amide bonds. The first-order valence-corrected chi connectivity index (χ1v) is 5.05. The number of ketones is 1. The van der Waals surface area contributed by atoms with Gasteiger partial charge < -0.3 is 10.6 Å². The Morgan fingerprint density at radius 1 is 1.33 bits per heavy atom. The molecule has 0 aliphatic heterocycles. The number of benzene rings is 1. The van der Waals surface area contributed by atoms with E-state index >= 15 is 0 Å². The zero-order valence-electron chi connectivity index (χ0n) is 9.58. The van der Waals surface area contributed by atoms with Crippen molar-refractivity contribution in [3.63, 3.8) is 0 Å². The molecule has 3 heteroatoms. The Kier molecular flexibility index (Phi) is 3.86. The number of rotatable bonds is 4. The minimum absolute atomic E-state index is 0.0557. The monoisotopic (exact) mass is 206 g/mol. The third kappa shape index (κ3) is 2.80. The van der Waals surface area contributed by atoms with Crippen LogP contribution >= 0.6 is 0 Å². The second-order valence-corrected chi connectivity index (χ2v) is 3.84. The van der Waals surface area contributed by atoms with Crippen molar-refractivity contribution in [3.8, 4) is 0 Å². The Labute approximate surface area is 90.9 Å². The quantitative estimate of drug-likeness (QED) is 0.807. The maximum absolute atomic E-state index is 11.3. The Balaban J connectivity index is 2.90. The highest BCUT2D eigenvalue weighted by Crippen LogP contribution is 2.22. The largest absolute Gasteiger partial charge is 0.367 e. The standard InChI is InChI=1S/C12H18N2O/c1-9-5-4-6-10(2)12(9)14(3)8-11(15)7-13/h4-6H,7-8,13H2,1-3H3. The molecule has 0 bridgehead atoms. The minimum atomic E-state index is 0.0557. The van der Waals surface area contributed by atoms with Crippen LogP contribution < -0.4 is 10.6 Å². The fourth-order valence-electron chi connectivity index (χ4n) is 1.82. The van der Waals surface area contributed by atoms with Crippen molar-refractivity contribution >= 4 is 11.5 Å². The van der Waals surface area contributed by atoms with Gasteiger partial charge in [0.2, 0.25) is 0 Å². The van der Waals surface area contributed by atoms with Crippen LogP contribution in [-0.4, -0.2) is 25.9 Å². The molecule has 1 aromatic rings. The summed E-state index contributed by atoms with van der Waals surface area (Å²) >= 11 is 0. The van der Waals surface area contributed by atoms with Gasteiger partial charge in [-0.25, -0.2) is 0 Å². The molecular weight excluding hydrogens is 188 g/mol. The molecule has 82 valence electrons. The molecule has 0 saturated heterocycles. The molecule has 0 atom stereocenters. The third-order valence-corrected chi connectivity index (χ3v) is 2.46. The average molecular weight is 206 g/mol. The molecule has 1 rings (SSSR count). The van der Waals surface area contributed by atoms with E-state index in [1.54, 1.807) is 0 Å². The number of hydrogen-bond acceptors (Lipinski definition) is 3. The van der Waals surface area contributed by atoms with Crippen LogP contribution in [0, 0.1) is 13.8 Å². The lowest BCUT2D eigenvalue weighted by atomic mass is 10.1. The van der Waals surface area contributed by atoms with Crippen molar-refractivity contribution in [1.82, 2.24) is 0 Å². The van der Waals surface area contributed by atoms with Crippen LogP contribution in [0.1, 0.15) is 11.1 Å². The molecular formula is C12H18N2O. The van der Waals surface area contributed by atoms with E-state index in [2.05, 4.69) is 0 Å². The Bertz CT molecular complexity index is 340. The van der Waals surface area contributed by atoms with Crippen molar-refractivity contribution in [2.24, 2.45) is 5.73 Å². The molecule has 0 fully saturated rings. The summed E-state index contributed by atoms with van der Waals surface area (Å²) in [5, 5.41) is 0. The molecule has 0 aromatic heterocycles. The van der Waals surface area contributed by atoms with Crippen molar-refractivity contribution < 1.29 is 4.79 Å². The van der Waals surface area contributed by atoms with Gasteiger partial charge in [-0.3, -0.25) is 4.79 Å². The van der Waals surface area contributed by atoms with Crippen LogP contribution in [0.5, 0.6) is 0 Å². The maximum Gasteiger partial charge on any atom is 0.165 e. The second kappa shape index (κ2) is 4.94. The number of aryl methyl sites for hydroxylation is 2. The molecule has 0 aliphatic carbocycles. The van der Waals surface area contributed by atoms with Gasteiger partial charge in [-0.1, -0.05) is 18.2 Å². The fourth-order valence-corrected chi connectivity index (χ4v) is 1.82. The summed E-state index contributed by atoms with van der Waals surface area (Å²) in [6.07, 6.45) is 0. The summed E-state index contributed by atoms with van der Waals surface area (Å²) in [6.45, 7) is 4.58. The molecule has 0 spiro atoms. The first kappa shape index (κ1) is 11.7. The van der Waals surface area contributed by atoms with Crippen molar-refractivity contribution in [1.29, 1.82) is 0 Å². The van der Waals surface area contributed by atoms with Gasteiger partial charge in [0.15, 0.2) is 5.78 Å². The first-order chi connectivity index (χ1) is 7.06. The zero-order chi connectivity index (χ0) is 11.4. The number of nitrogens with two attached hydrogens (primary N) is 1. The lowest BCUT2D eigenvalue weighted by Crippen LogP contribution is -2.30. The predicted molar refractivity (Wildman–Crippen MR) is 63.2 cm³/mol. The molecule has 1 aromatic carbocycles. The van der Waals surface area contributed by atoms with Crippen LogP contribution in [0.2, 0.25) is 0 Å². The highest BCUT2D eigenvalue weighted by molar-refractivity contribution is 5.85. The molecule has 0 unspecified atom stereocenters. The van der Waals surface area contributed by atoms with E-state index in [1.165, 1.54) is 11.1 Å². The normalized spacial score (nSPS) is 10.1. The smallest absolute Gasteiger partial charge is 0.165 e. The van der Waals surface area contributed by atoms with Gasteiger partial charge in [0, 0.05) is 12.7 Å². The van der Waals surface area contributed by atoms with E-state index in [0.29, 0.717) is 6.54 Å². The Morgan fingerprint density at radius 2 is 1.87 bits per heavy atom. The number of carbonyl (C=O) groups excluding carboxylic acids is 1. The van der Waals surface area contributed by atoms with E-state index in [4.69, 9.17) is 5.73 Å². The predicted octanol–water partition coefficient (Wildman–Crippen LogP) is 1.27. The highest BCUT2D eigenvalue weighted by atomic mass is 16.1. The molecule has 3 nitrogen and oxygen atoms in total. The molecule has 0 radical (unpaired) electrons. The summed E-state index contributed by atoms with van der Waals surface area (Å²) in [7, 11) is 1.92. The lowest BCUT2D eigenvalue weighted by Gasteiger charge is -2.22. The van der Waals surface area contributed by atoms with E-state index in [9.17, 15) is 4.79 Å². The van der Waals surface area contributed by atoms with Gasteiger partial charge in [-0.05, 0) is 25.0 Å². The molecule has 0 heterocycles. The van der Waals surface area contributed by atoms with Crippen molar-refractivity contribution in [3.05, 3.63) is 29.3 Å². The summed E-state index contributed by atoms with van der Waals surface area (Å²) in [5.74, 6) is 0.0557. The van der Waals surface area contributed by atoms with Gasteiger partial charge >= 0.3 is 0 Å². The van der Waals surface area contributed by atoms with E-state index in [1.807, 2.05) is 44.0 Å². The number of para-hydroxylation sites is 1. The zero-order valence-corrected chi connectivity index (χ0v) is 9.58. The number of carbonyl (C=O) groups is 1. The third-order valence-electron chi connectivity index (χ3n) is 2.46. The van der Waals surface area contributed by atoms with Crippen LogP contribution in [-0.2, 0) is 4.79 Å². The fraction of sp³-hybridized carbons (Fsp3) is 0.417. The van der Waals surface area contributed by atoms with E-state index < -0.39 is 0 Å². The van der Waals surface area contributed by atoms with Gasteiger partial charge in [0.05, 0.1) is 13.1 Å². The highest BCUT2D eigenvalue weighted by Gasteiger charge is 2.10. The number of hydrogen-bond donors (Lipinski definition) is 1. The molecule has 15 heavy (non-hydrogen) atoms. The van der Waals surface area contributed by atoms with Crippen molar-refractivity contribution in [2.45, 2.75) is 13.8 Å². The van der Waals surface area contributed by atoms with Gasteiger partial charge in [0.25, 0.3) is 0 Å². The van der Waals surface area contributed by atoms with Crippen LogP contribution in [0.3, 0.4) is 0 Å². The summed E-state index contributed by atoms with van der Waals surface area (Å²) in [5.41, 5.74) is 8.79. The van der Waals surface area contributed by atoms with Crippen molar-refractivity contribution in [2.75, 3.05) is 25.0 Å². The summed E-state index contributed by atoms with van der Waals surface area (Å²) < 4.78 is 0. The molecule has 2 N–H and O–H groups in total. The number of nitrogens with zero attached hydrogens (tertiary/aromatic N) is 1. The first-order valence-electron chi connectivity index (χ1n) is 5.05. The van der Waals surface area contributed by atoms with Crippen LogP contribution in [0.15, 0.2) is 18.2 Å². The van der Waals surface area contributed by atoms with Gasteiger partial charge in [-0.2, -0.15) is 0 Å². The average Bonchev–Trinajstić information content (AvgIpc) is 2.17. The van der Waals surface area contributed by atoms with Crippen LogP contribution in [0.4, 0.5) is 5.69 Å².